The minimum atomic E-state index is 0. The summed E-state index contributed by atoms with van der Waals surface area (Å²) in [4.78, 5) is 4.60. The molecule has 1 atom stereocenters. The van der Waals surface area contributed by atoms with E-state index in [0.29, 0.717) is 16.5 Å². The van der Waals surface area contributed by atoms with Crippen LogP contribution in [0.25, 0.3) is 0 Å². The predicted octanol–water partition coefficient (Wildman–Crippen LogP) is 3.90. The Morgan fingerprint density at radius 3 is 2.43 bits per heavy atom. The van der Waals surface area contributed by atoms with Gasteiger partial charge in [0.15, 0.2) is 5.82 Å². The topological polar surface area (TPSA) is 42.7 Å². The molecule has 1 N–H and O–H groups in total. The van der Waals surface area contributed by atoms with Gasteiger partial charge in [0.05, 0.1) is 6.04 Å². The van der Waals surface area contributed by atoms with Gasteiger partial charge in [-0.3, -0.25) is 0 Å². The van der Waals surface area contributed by atoms with E-state index in [1.165, 1.54) is 0 Å². The average molecular weight is 350 g/mol. The summed E-state index contributed by atoms with van der Waals surface area (Å²) in [5.74, 6) is 1.66. The van der Waals surface area contributed by atoms with Crippen LogP contribution >= 0.6 is 35.6 Å². The fourth-order valence-corrected chi connectivity index (χ4v) is 2.55. The van der Waals surface area contributed by atoms with Crippen molar-refractivity contribution in [2.45, 2.75) is 32.9 Å². The number of nitrogens with one attached hydrogen (secondary N) is 1. The molecule has 0 amide bonds. The molecule has 0 radical (unpaired) electrons. The zero-order valence-corrected chi connectivity index (χ0v) is 14.6. The highest BCUT2D eigenvalue weighted by Crippen LogP contribution is 2.26. The molecule has 0 bridgehead atoms. The second-order valence-corrected chi connectivity index (χ2v) is 5.40. The van der Waals surface area contributed by atoms with Gasteiger partial charge in [0.25, 0.3) is 0 Å². The molecule has 0 saturated heterocycles. The molecule has 21 heavy (non-hydrogen) atoms. The van der Waals surface area contributed by atoms with Gasteiger partial charge in [-0.15, -0.1) is 12.4 Å². The van der Waals surface area contributed by atoms with Crippen molar-refractivity contribution in [1.29, 1.82) is 0 Å². The number of hydrogen-bond donors (Lipinski definition) is 1. The fourth-order valence-electron chi connectivity index (χ4n) is 2.02. The molecule has 116 valence electrons. The highest BCUT2D eigenvalue weighted by atomic mass is 35.5. The molecule has 7 heteroatoms. The smallest absolute Gasteiger partial charge is 0.155 e. The number of benzene rings is 1. The Labute approximate surface area is 141 Å². The van der Waals surface area contributed by atoms with Gasteiger partial charge < -0.3 is 5.32 Å². The lowest BCUT2D eigenvalue weighted by Gasteiger charge is -2.09. The van der Waals surface area contributed by atoms with Gasteiger partial charge >= 0.3 is 0 Å². The van der Waals surface area contributed by atoms with Gasteiger partial charge in [-0.2, -0.15) is 5.10 Å². The van der Waals surface area contributed by atoms with Crippen LogP contribution in [0.15, 0.2) is 18.2 Å². The molecule has 4 nitrogen and oxygen atoms in total. The molecule has 2 aromatic rings. The van der Waals surface area contributed by atoms with Crippen molar-refractivity contribution in [1.82, 2.24) is 20.1 Å². The predicted molar refractivity (Wildman–Crippen MR) is 89.7 cm³/mol. The quantitative estimate of drug-likeness (QED) is 0.890. The molecule has 1 aromatic heterocycles. The number of aryl methyl sites for hydroxylation is 1. The summed E-state index contributed by atoms with van der Waals surface area (Å²) in [7, 11) is 1.91. The van der Waals surface area contributed by atoms with Crippen LogP contribution in [0.3, 0.4) is 0 Å². The summed E-state index contributed by atoms with van der Waals surface area (Å²) >= 11 is 12.4. The SMILES string of the molecule is CCn1nc(Cc2c(Cl)cccc2Cl)nc1[C@H](C)NC.Cl. The molecule has 2 rings (SSSR count). The van der Waals surface area contributed by atoms with Crippen LogP contribution in [0.2, 0.25) is 10.0 Å². The van der Waals surface area contributed by atoms with Gasteiger partial charge in [0.1, 0.15) is 5.82 Å². The molecular formula is C14H19Cl3N4. The van der Waals surface area contributed by atoms with E-state index >= 15 is 0 Å². The molecule has 1 heterocycles. The number of aromatic nitrogens is 3. The van der Waals surface area contributed by atoms with Gasteiger partial charge in [0, 0.05) is 23.0 Å². The summed E-state index contributed by atoms with van der Waals surface area (Å²) in [6.45, 7) is 4.89. The van der Waals surface area contributed by atoms with Crippen molar-refractivity contribution >= 4 is 35.6 Å². The van der Waals surface area contributed by atoms with E-state index in [1.807, 2.05) is 36.9 Å². The Hall–Kier alpha value is -0.810. The van der Waals surface area contributed by atoms with Crippen molar-refractivity contribution in [2.75, 3.05) is 7.05 Å². The third-order valence-corrected chi connectivity index (χ3v) is 3.97. The van der Waals surface area contributed by atoms with Crippen molar-refractivity contribution < 1.29 is 0 Å². The molecule has 0 spiro atoms. The van der Waals surface area contributed by atoms with E-state index in [2.05, 4.69) is 22.3 Å². The molecule has 0 aliphatic rings. The second-order valence-electron chi connectivity index (χ2n) is 4.59. The van der Waals surface area contributed by atoms with Crippen molar-refractivity contribution in [3.8, 4) is 0 Å². The van der Waals surface area contributed by atoms with Crippen LogP contribution in [0.4, 0.5) is 0 Å². The summed E-state index contributed by atoms with van der Waals surface area (Å²) in [5.41, 5.74) is 0.868. The molecule has 0 saturated carbocycles. The largest absolute Gasteiger partial charge is 0.311 e. The Morgan fingerprint density at radius 1 is 1.29 bits per heavy atom. The van der Waals surface area contributed by atoms with Gasteiger partial charge in [0.2, 0.25) is 0 Å². The number of hydrogen-bond acceptors (Lipinski definition) is 3. The maximum absolute atomic E-state index is 6.19. The first-order valence-electron chi connectivity index (χ1n) is 6.60. The zero-order chi connectivity index (χ0) is 14.7. The lowest BCUT2D eigenvalue weighted by Crippen LogP contribution is -2.18. The minimum Gasteiger partial charge on any atom is -0.311 e. The van der Waals surface area contributed by atoms with Gasteiger partial charge in [-0.1, -0.05) is 29.3 Å². The summed E-state index contributed by atoms with van der Waals surface area (Å²) < 4.78 is 1.90. The minimum absolute atomic E-state index is 0. The van der Waals surface area contributed by atoms with Gasteiger partial charge in [-0.05, 0) is 38.6 Å². The molecular weight excluding hydrogens is 331 g/mol. The molecule has 0 fully saturated rings. The third kappa shape index (κ3) is 4.10. The Balaban J connectivity index is 0.00000220. The van der Waals surface area contributed by atoms with E-state index in [9.17, 15) is 0 Å². The monoisotopic (exact) mass is 348 g/mol. The van der Waals surface area contributed by atoms with Crippen LogP contribution in [0.5, 0.6) is 0 Å². The van der Waals surface area contributed by atoms with Crippen molar-refractivity contribution in [3.63, 3.8) is 0 Å². The molecule has 1 aromatic carbocycles. The lowest BCUT2D eigenvalue weighted by atomic mass is 10.1. The van der Waals surface area contributed by atoms with E-state index < -0.39 is 0 Å². The van der Waals surface area contributed by atoms with Crippen LogP contribution < -0.4 is 5.32 Å². The van der Waals surface area contributed by atoms with Crippen LogP contribution in [0.1, 0.15) is 37.1 Å². The Morgan fingerprint density at radius 2 is 1.90 bits per heavy atom. The lowest BCUT2D eigenvalue weighted by molar-refractivity contribution is 0.532. The number of rotatable bonds is 5. The highest BCUT2D eigenvalue weighted by molar-refractivity contribution is 6.36. The number of nitrogens with zero attached hydrogens (tertiary/aromatic N) is 3. The van der Waals surface area contributed by atoms with E-state index in [0.717, 1.165) is 23.8 Å². The van der Waals surface area contributed by atoms with Crippen molar-refractivity contribution in [2.24, 2.45) is 0 Å². The summed E-state index contributed by atoms with van der Waals surface area (Å²) in [5, 5.41) is 9.00. The molecule has 0 aliphatic carbocycles. The van der Waals surface area contributed by atoms with Crippen LogP contribution in [-0.4, -0.2) is 21.8 Å². The normalized spacial score (nSPS) is 12.0. The van der Waals surface area contributed by atoms with Crippen LogP contribution in [0, 0.1) is 0 Å². The molecule has 0 unspecified atom stereocenters. The van der Waals surface area contributed by atoms with E-state index in [-0.39, 0.29) is 18.4 Å². The fraction of sp³-hybridized carbons (Fsp3) is 0.429. The Bertz CT molecular complexity index is 578. The average Bonchev–Trinajstić information content (AvgIpc) is 2.85. The zero-order valence-electron chi connectivity index (χ0n) is 12.2. The number of halogens is 3. The first-order chi connectivity index (χ1) is 9.56. The first-order valence-corrected chi connectivity index (χ1v) is 7.36. The standard InChI is InChI=1S/C14H18Cl2N4.ClH/c1-4-20-14(9(2)17-3)18-13(19-20)8-10-11(15)6-5-7-12(10)16;/h5-7,9,17H,4,8H2,1-3H3;1H/t9-;/m0./s1. The highest BCUT2D eigenvalue weighted by Gasteiger charge is 2.16. The van der Waals surface area contributed by atoms with Crippen LogP contribution in [-0.2, 0) is 13.0 Å². The summed E-state index contributed by atoms with van der Waals surface area (Å²) in [6, 6.07) is 5.65. The van der Waals surface area contributed by atoms with E-state index in [1.54, 1.807) is 0 Å². The van der Waals surface area contributed by atoms with E-state index in [4.69, 9.17) is 23.2 Å². The maximum Gasteiger partial charge on any atom is 0.155 e. The first kappa shape index (κ1) is 18.2. The van der Waals surface area contributed by atoms with Gasteiger partial charge in [-0.25, -0.2) is 9.67 Å². The Kier molecular flexibility index (Phi) is 6.94. The second kappa shape index (κ2) is 7.99. The molecule has 0 aliphatic heterocycles. The van der Waals surface area contributed by atoms with Crippen molar-refractivity contribution in [3.05, 3.63) is 45.5 Å². The maximum atomic E-state index is 6.19. The third-order valence-electron chi connectivity index (χ3n) is 3.26. The summed E-state index contributed by atoms with van der Waals surface area (Å²) in [6.07, 6.45) is 0.537.